The number of amides is 1. The number of hydrogen-bond donors (Lipinski definition) is 1. The van der Waals surface area contributed by atoms with Gasteiger partial charge in [-0.2, -0.15) is 0 Å². The Morgan fingerprint density at radius 2 is 2.00 bits per heavy atom. The van der Waals surface area contributed by atoms with E-state index >= 15 is 0 Å². The van der Waals surface area contributed by atoms with Crippen LogP contribution in [-0.2, 0) is 16.0 Å². The number of thioether (sulfide) groups is 1. The summed E-state index contributed by atoms with van der Waals surface area (Å²) in [5, 5.41) is 3.03. The first-order valence-electron chi connectivity index (χ1n) is 9.34. The molecule has 0 spiro atoms. The maximum Gasteiger partial charge on any atom is 0.342 e. The molecule has 2 aromatic rings. The second kappa shape index (κ2) is 9.15. The van der Waals surface area contributed by atoms with E-state index in [-0.39, 0.29) is 11.9 Å². The molecule has 0 saturated carbocycles. The monoisotopic (exact) mass is 399 g/mol. The highest BCUT2D eigenvalue weighted by molar-refractivity contribution is 7.98. The third kappa shape index (κ3) is 4.50. The van der Waals surface area contributed by atoms with Crippen molar-refractivity contribution in [2.24, 2.45) is 0 Å². The molecule has 0 fully saturated rings. The number of ether oxygens (including phenoxy) is 2. The second-order valence-electron chi connectivity index (χ2n) is 6.77. The summed E-state index contributed by atoms with van der Waals surface area (Å²) in [6.07, 6.45) is 3.98. The highest BCUT2D eigenvalue weighted by Gasteiger charge is 2.26. The van der Waals surface area contributed by atoms with Crippen molar-refractivity contribution in [1.82, 2.24) is 5.32 Å². The van der Waals surface area contributed by atoms with Crippen molar-refractivity contribution in [3.05, 3.63) is 59.2 Å². The lowest BCUT2D eigenvalue weighted by atomic mass is 9.87. The van der Waals surface area contributed by atoms with Gasteiger partial charge in [-0.05, 0) is 61.8 Å². The van der Waals surface area contributed by atoms with Crippen molar-refractivity contribution in [3.8, 4) is 5.75 Å². The van der Waals surface area contributed by atoms with Crippen LogP contribution in [0.25, 0.3) is 0 Å². The molecule has 148 valence electrons. The minimum Gasteiger partial charge on any atom is -0.496 e. The number of nitrogens with one attached hydrogen (secondary N) is 1. The predicted octanol–water partition coefficient (Wildman–Crippen LogP) is 4.16. The Bertz CT molecular complexity index is 867. The zero-order chi connectivity index (χ0) is 20.1. The van der Waals surface area contributed by atoms with Gasteiger partial charge in [0.15, 0.2) is 6.10 Å². The smallest absolute Gasteiger partial charge is 0.342 e. The van der Waals surface area contributed by atoms with E-state index in [0.717, 1.165) is 29.7 Å². The van der Waals surface area contributed by atoms with Gasteiger partial charge < -0.3 is 14.8 Å². The van der Waals surface area contributed by atoms with Gasteiger partial charge in [-0.1, -0.05) is 24.3 Å². The van der Waals surface area contributed by atoms with Gasteiger partial charge in [0.25, 0.3) is 5.91 Å². The summed E-state index contributed by atoms with van der Waals surface area (Å²) < 4.78 is 10.7. The lowest BCUT2D eigenvalue weighted by molar-refractivity contribution is -0.130. The summed E-state index contributed by atoms with van der Waals surface area (Å²) in [5.74, 6) is -0.434. The molecule has 0 heterocycles. The van der Waals surface area contributed by atoms with Gasteiger partial charge in [0.1, 0.15) is 11.3 Å². The maximum atomic E-state index is 12.6. The van der Waals surface area contributed by atoms with Crippen LogP contribution in [-0.4, -0.2) is 31.3 Å². The van der Waals surface area contributed by atoms with Crippen LogP contribution in [0.5, 0.6) is 5.75 Å². The topological polar surface area (TPSA) is 64.6 Å². The van der Waals surface area contributed by atoms with Gasteiger partial charge in [0, 0.05) is 4.90 Å². The Kier molecular flexibility index (Phi) is 6.62. The highest BCUT2D eigenvalue weighted by atomic mass is 32.2. The van der Waals surface area contributed by atoms with Gasteiger partial charge in [-0.15, -0.1) is 11.8 Å². The Hall–Kier alpha value is -2.47. The van der Waals surface area contributed by atoms with Crippen molar-refractivity contribution < 1.29 is 19.1 Å². The Labute approximate surface area is 169 Å². The third-order valence-electron chi connectivity index (χ3n) is 4.97. The Balaban J connectivity index is 1.66. The van der Waals surface area contributed by atoms with E-state index < -0.39 is 12.1 Å². The van der Waals surface area contributed by atoms with Crippen molar-refractivity contribution >= 4 is 23.6 Å². The van der Waals surface area contributed by atoms with Gasteiger partial charge in [-0.3, -0.25) is 4.79 Å². The third-order valence-corrected chi connectivity index (χ3v) is 5.69. The van der Waals surface area contributed by atoms with Crippen LogP contribution in [0.4, 0.5) is 0 Å². The van der Waals surface area contributed by atoms with E-state index in [9.17, 15) is 9.59 Å². The average molecular weight is 400 g/mol. The molecule has 0 aromatic heterocycles. The number of rotatable bonds is 6. The highest BCUT2D eigenvalue weighted by Crippen LogP contribution is 2.30. The van der Waals surface area contributed by atoms with Crippen molar-refractivity contribution in [1.29, 1.82) is 0 Å². The standard InChI is InChI=1S/C22H25NO4S/c1-14(27-22(25)18-12-11-16(28-3)13-20(18)26-2)21(24)23-19-10-6-8-15-7-4-5-9-17(15)19/h4-5,7,9,11-14,19H,6,8,10H2,1-3H3,(H,23,24)/t14-,19-/m0/s1. The molecule has 2 aromatic carbocycles. The molecule has 0 saturated heterocycles. The first kappa shape index (κ1) is 20.3. The molecule has 1 amide bonds. The normalized spacial score (nSPS) is 16.6. The van der Waals surface area contributed by atoms with Crippen molar-refractivity contribution in [2.75, 3.05) is 13.4 Å². The Morgan fingerprint density at radius 3 is 2.75 bits per heavy atom. The van der Waals surface area contributed by atoms with Crippen LogP contribution in [0.3, 0.4) is 0 Å². The summed E-state index contributed by atoms with van der Waals surface area (Å²) >= 11 is 1.56. The molecular formula is C22H25NO4S. The summed E-state index contributed by atoms with van der Waals surface area (Å²) in [6, 6.07) is 13.4. The molecule has 5 nitrogen and oxygen atoms in total. The predicted molar refractivity (Wildman–Crippen MR) is 110 cm³/mol. The molecular weight excluding hydrogens is 374 g/mol. The fourth-order valence-electron chi connectivity index (χ4n) is 3.44. The van der Waals surface area contributed by atoms with Crippen LogP contribution in [0.2, 0.25) is 0 Å². The number of esters is 1. The van der Waals surface area contributed by atoms with Crippen LogP contribution in [0.1, 0.15) is 47.3 Å². The number of hydrogen-bond acceptors (Lipinski definition) is 5. The number of methoxy groups -OCH3 is 1. The summed E-state index contributed by atoms with van der Waals surface area (Å²) in [6.45, 7) is 1.59. The molecule has 2 atom stereocenters. The van der Waals surface area contributed by atoms with Crippen molar-refractivity contribution in [3.63, 3.8) is 0 Å². The van der Waals surface area contributed by atoms with Gasteiger partial charge >= 0.3 is 5.97 Å². The van der Waals surface area contributed by atoms with E-state index in [2.05, 4.69) is 11.4 Å². The fraction of sp³-hybridized carbons (Fsp3) is 0.364. The zero-order valence-electron chi connectivity index (χ0n) is 16.4. The Morgan fingerprint density at radius 1 is 1.21 bits per heavy atom. The molecule has 0 bridgehead atoms. The minimum absolute atomic E-state index is 0.0472. The van der Waals surface area contributed by atoms with Crippen LogP contribution in [0, 0.1) is 0 Å². The molecule has 0 unspecified atom stereocenters. The number of aryl methyl sites for hydroxylation is 1. The van der Waals surface area contributed by atoms with Gasteiger partial charge in [0.2, 0.25) is 0 Å². The van der Waals surface area contributed by atoms with E-state index in [0.29, 0.717) is 11.3 Å². The quantitative estimate of drug-likeness (QED) is 0.584. The maximum absolute atomic E-state index is 12.6. The molecule has 1 N–H and O–H groups in total. The molecule has 1 aliphatic carbocycles. The second-order valence-corrected chi connectivity index (χ2v) is 7.65. The molecule has 0 aliphatic heterocycles. The largest absolute Gasteiger partial charge is 0.496 e. The summed E-state index contributed by atoms with van der Waals surface area (Å²) in [4.78, 5) is 26.1. The SMILES string of the molecule is COc1cc(SC)ccc1C(=O)O[C@@H](C)C(=O)N[C@H]1CCCc2ccccc21. The zero-order valence-corrected chi connectivity index (χ0v) is 17.2. The van der Waals surface area contributed by atoms with E-state index in [1.807, 2.05) is 30.5 Å². The molecule has 0 radical (unpaired) electrons. The van der Waals surface area contributed by atoms with Crippen molar-refractivity contribution in [2.45, 2.75) is 43.2 Å². The fourth-order valence-corrected chi connectivity index (χ4v) is 3.87. The van der Waals surface area contributed by atoms with Gasteiger partial charge in [0.05, 0.1) is 13.2 Å². The summed E-state index contributed by atoms with van der Waals surface area (Å²) in [5.41, 5.74) is 2.72. The number of carbonyl (C=O) groups excluding carboxylic acids is 2. The average Bonchev–Trinajstić information content (AvgIpc) is 2.73. The first-order chi connectivity index (χ1) is 13.5. The molecule has 28 heavy (non-hydrogen) atoms. The molecule has 6 heteroatoms. The number of fused-ring (bicyclic) bond motifs is 1. The number of benzene rings is 2. The number of carbonyl (C=O) groups is 2. The lowest BCUT2D eigenvalue weighted by Gasteiger charge is -2.27. The van der Waals surface area contributed by atoms with Crippen LogP contribution >= 0.6 is 11.8 Å². The van der Waals surface area contributed by atoms with Crippen LogP contribution in [0.15, 0.2) is 47.4 Å². The first-order valence-corrected chi connectivity index (χ1v) is 10.6. The molecule has 1 aliphatic rings. The van der Waals surface area contributed by atoms with Gasteiger partial charge in [-0.25, -0.2) is 4.79 Å². The summed E-state index contributed by atoms with van der Waals surface area (Å²) in [7, 11) is 1.51. The molecule has 3 rings (SSSR count). The van der Waals surface area contributed by atoms with E-state index in [4.69, 9.17) is 9.47 Å². The van der Waals surface area contributed by atoms with Crippen LogP contribution < -0.4 is 10.1 Å². The van der Waals surface area contributed by atoms with E-state index in [1.54, 1.807) is 30.8 Å². The lowest BCUT2D eigenvalue weighted by Crippen LogP contribution is -2.39. The minimum atomic E-state index is -0.897. The van der Waals surface area contributed by atoms with E-state index in [1.165, 1.54) is 12.7 Å².